The quantitative estimate of drug-likeness (QED) is 0.634. The van der Waals surface area contributed by atoms with Gasteiger partial charge in [0.15, 0.2) is 0 Å². The molecular weight excluding hydrogens is 372 g/mol. The standard InChI is InChI=1S/C23H35ClN2O2/c1-22(2,3)28-21(27)26-20(17-7-5-4-6-8-17)15-25-16-23(13-14-23)18-9-11-19(24)12-10-18/h9-12,17,20,25H,4-8,13-16H2,1-3H3,(H,26,27). The zero-order chi connectivity index (χ0) is 20.2. The number of hydrogen-bond donors (Lipinski definition) is 2. The molecule has 1 atom stereocenters. The molecule has 2 aliphatic rings. The minimum atomic E-state index is -0.471. The molecule has 1 aromatic carbocycles. The normalized spacial score (nSPS) is 20.4. The number of carbonyl (C=O) groups excluding carboxylic acids is 1. The maximum atomic E-state index is 12.4. The maximum Gasteiger partial charge on any atom is 0.407 e. The van der Waals surface area contributed by atoms with Crippen LogP contribution < -0.4 is 10.6 Å². The van der Waals surface area contributed by atoms with Crippen LogP contribution in [0, 0.1) is 5.92 Å². The van der Waals surface area contributed by atoms with Crippen LogP contribution in [-0.4, -0.2) is 30.8 Å². The summed E-state index contributed by atoms with van der Waals surface area (Å²) < 4.78 is 5.51. The molecule has 2 N–H and O–H groups in total. The van der Waals surface area contributed by atoms with Gasteiger partial charge in [0.05, 0.1) is 0 Å². The largest absolute Gasteiger partial charge is 0.444 e. The van der Waals surface area contributed by atoms with E-state index in [0.29, 0.717) is 5.92 Å². The van der Waals surface area contributed by atoms with Crippen LogP contribution in [-0.2, 0) is 10.2 Å². The number of ether oxygens (including phenoxy) is 1. The van der Waals surface area contributed by atoms with Gasteiger partial charge >= 0.3 is 6.09 Å². The fourth-order valence-corrected chi connectivity index (χ4v) is 4.45. The molecule has 28 heavy (non-hydrogen) atoms. The third-order valence-electron chi connectivity index (χ3n) is 6.06. The van der Waals surface area contributed by atoms with Crippen molar-refractivity contribution in [1.29, 1.82) is 0 Å². The molecule has 4 nitrogen and oxygen atoms in total. The second-order valence-corrected chi connectivity index (χ2v) is 10.0. The highest BCUT2D eigenvalue weighted by atomic mass is 35.5. The van der Waals surface area contributed by atoms with Gasteiger partial charge in [0, 0.05) is 29.6 Å². The lowest BCUT2D eigenvalue weighted by Gasteiger charge is -2.32. The number of rotatable bonds is 7. The number of amides is 1. The van der Waals surface area contributed by atoms with Crippen molar-refractivity contribution in [3.63, 3.8) is 0 Å². The van der Waals surface area contributed by atoms with Crippen molar-refractivity contribution >= 4 is 17.7 Å². The van der Waals surface area contributed by atoms with Gasteiger partial charge in [0.25, 0.3) is 0 Å². The summed E-state index contributed by atoms with van der Waals surface area (Å²) in [5.74, 6) is 0.527. The molecule has 3 rings (SSSR count). The van der Waals surface area contributed by atoms with E-state index in [4.69, 9.17) is 16.3 Å². The Morgan fingerprint density at radius 3 is 2.39 bits per heavy atom. The highest BCUT2D eigenvalue weighted by Gasteiger charge is 2.43. The van der Waals surface area contributed by atoms with Gasteiger partial charge in [-0.05, 0) is 70.1 Å². The molecule has 1 aromatic rings. The summed E-state index contributed by atoms with van der Waals surface area (Å²) >= 11 is 6.04. The Hall–Kier alpha value is -1.26. The number of nitrogens with one attached hydrogen (secondary N) is 2. The molecule has 0 aromatic heterocycles. The number of benzene rings is 1. The first-order chi connectivity index (χ1) is 13.3. The molecule has 2 saturated carbocycles. The third kappa shape index (κ3) is 6.12. The molecule has 2 aliphatic carbocycles. The summed E-state index contributed by atoms with van der Waals surface area (Å²) in [6, 6.07) is 8.37. The minimum absolute atomic E-state index is 0.121. The fraction of sp³-hybridized carbons (Fsp3) is 0.696. The van der Waals surface area contributed by atoms with Crippen LogP contribution in [0.5, 0.6) is 0 Å². The smallest absolute Gasteiger partial charge is 0.407 e. The van der Waals surface area contributed by atoms with E-state index in [1.807, 2.05) is 32.9 Å². The Morgan fingerprint density at radius 2 is 1.82 bits per heavy atom. The highest BCUT2D eigenvalue weighted by molar-refractivity contribution is 6.30. The van der Waals surface area contributed by atoms with Crippen LogP contribution in [0.2, 0.25) is 5.02 Å². The van der Waals surface area contributed by atoms with Crippen molar-refractivity contribution in [3.05, 3.63) is 34.9 Å². The second kappa shape index (κ2) is 9.04. The van der Waals surface area contributed by atoms with Gasteiger partial charge in [-0.1, -0.05) is 43.0 Å². The van der Waals surface area contributed by atoms with Crippen LogP contribution in [0.15, 0.2) is 24.3 Å². The summed E-state index contributed by atoms with van der Waals surface area (Å²) in [5, 5.41) is 7.60. The molecule has 1 unspecified atom stereocenters. The molecule has 0 radical (unpaired) electrons. The van der Waals surface area contributed by atoms with Gasteiger partial charge in [-0.15, -0.1) is 0 Å². The van der Waals surface area contributed by atoms with E-state index in [0.717, 1.165) is 18.1 Å². The molecule has 1 amide bonds. The minimum Gasteiger partial charge on any atom is -0.444 e. The van der Waals surface area contributed by atoms with Gasteiger partial charge < -0.3 is 15.4 Å². The second-order valence-electron chi connectivity index (χ2n) is 9.57. The van der Waals surface area contributed by atoms with Crippen LogP contribution >= 0.6 is 11.6 Å². The third-order valence-corrected chi connectivity index (χ3v) is 6.31. The van der Waals surface area contributed by atoms with E-state index in [9.17, 15) is 4.79 Å². The Bertz CT molecular complexity index is 644. The number of hydrogen-bond acceptors (Lipinski definition) is 3. The topological polar surface area (TPSA) is 50.4 Å². The predicted octanol–water partition coefficient (Wildman–Crippen LogP) is 5.43. The first kappa shape index (κ1) is 21.4. The van der Waals surface area contributed by atoms with Gasteiger partial charge in [-0.2, -0.15) is 0 Å². The van der Waals surface area contributed by atoms with E-state index >= 15 is 0 Å². The van der Waals surface area contributed by atoms with Gasteiger partial charge in [-0.25, -0.2) is 4.79 Å². The molecular formula is C23H35ClN2O2. The Labute approximate surface area is 174 Å². The molecule has 0 saturated heterocycles. The number of alkyl carbamates (subject to hydrolysis) is 1. The summed E-state index contributed by atoms with van der Waals surface area (Å²) in [5.41, 5.74) is 1.12. The van der Waals surface area contributed by atoms with Gasteiger partial charge in [0.2, 0.25) is 0 Å². The van der Waals surface area contributed by atoms with Crippen molar-refractivity contribution in [2.45, 2.75) is 82.8 Å². The van der Waals surface area contributed by atoms with E-state index in [-0.39, 0.29) is 17.6 Å². The Balaban J connectivity index is 1.56. The molecule has 0 spiro atoms. The fourth-order valence-electron chi connectivity index (χ4n) is 4.32. The monoisotopic (exact) mass is 406 g/mol. The molecule has 5 heteroatoms. The SMILES string of the molecule is CC(C)(C)OC(=O)NC(CNCC1(c2ccc(Cl)cc2)CC1)C1CCCCC1. The average molecular weight is 407 g/mol. The Kier molecular flexibility index (Phi) is 6.93. The lowest BCUT2D eigenvalue weighted by molar-refractivity contribution is 0.0476. The molecule has 156 valence electrons. The lowest BCUT2D eigenvalue weighted by atomic mass is 9.83. The van der Waals surface area contributed by atoms with E-state index in [1.165, 1.54) is 50.5 Å². The molecule has 2 fully saturated rings. The average Bonchev–Trinajstić information content (AvgIpc) is 3.41. The van der Waals surface area contributed by atoms with Crippen LogP contribution in [0.25, 0.3) is 0 Å². The summed E-state index contributed by atoms with van der Waals surface area (Å²) in [4.78, 5) is 12.4. The lowest BCUT2D eigenvalue weighted by Crippen LogP contribution is -2.49. The van der Waals surface area contributed by atoms with E-state index < -0.39 is 5.60 Å². The van der Waals surface area contributed by atoms with Crippen molar-refractivity contribution in [1.82, 2.24) is 10.6 Å². The van der Waals surface area contributed by atoms with Crippen LogP contribution in [0.3, 0.4) is 0 Å². The summed E-state index contributed by atoms with van der Waals surface area (Å²) in [7, 11) is 0. The number of carbonyl (C=O) groups is 1. The van der Waals surface area contributed by atoms with Crippen molar-refractivity contribution < 1.29 is 9.53 Å². The zero-order valence-corrected chi connectivity index (χ0v) is 18.3. The zero-order valence-electron chi connectivity index (χ0n) is 17.5. The van der Waals surface area contributed by atoms with Crippen molar-refractivity contribution in [3.8, 4) is 0 Å². The Morgan fingerprint density at radius 1 is 1.18 bits per heavy atom. The molecule has 0 heterocycles. The van der Waals surface area contributed by atoms with E-state index in [2.05, 4.69) is 22.8 Å². The van der Waals surface area contributed by atoms with Gasteiger partial charge in [0.1, 0.15) is 5.60 Å². The van der Waals surface area contributed by atoms with Crippen molar-refractivity contribution in [2.75, 3.05) is 13.1 Å². The van der Waals surface area contributed by atoms with E-state index in [1.54, 1.807) is 0 Å². The molecule has 0 bridgehead atoms. The van der Waals surface area contributed by atoms with Gasteiger partial charge in [-0.3, -0.25) is 0 Å². The van der Waals surface area contributed by atoms with Crippen LogP contribution in [0.4, 0.5) is 4.79 Å². The number of halogens is 1. The first-order valence-electron chi connectivity index (χ1n) is 10.7. The van der Waals surface area contributed by atoms with Crippen LogP contribution in [0.1, 0.15) is 71.3 Å². The van der Waals surface area contributed by atoms with Crippen molar-refractivity contribution in [2.24, 2.45) is 5.92 Å². The molecule has 0 aliphatic heterocycles. The first-order valence-corrected chi connectivity index (χ1v) is 11.1. The summed E-state index contributed by atoms with van der Waals surface area (Å²) in [6.07, 6.45) is 8.30. The summed E-state index contributed by atoms with van der Waals surface area (Å²) in [6.45, 7) is 7.45. The maximum absolute atomic E-state index is 12.4. The highest BCUT2D eigenvalue weighted by Crippen LogP contribution is 2.47. The predicted molar refractivity (Wildman–Crippen MR) is 115 cm³/mol.